The number of alkyl halides is 2. The molecule has 0 aliphatic carbocycles. The summed E-state index contributed by atoms with van der Waals surface area (Å²) in [7, 11) is 0. The molecule has 1 heterocycles. The zero-order valence-corrected chi connectivity index (χ0v) is 11.6. The van der Waals surface area contributed by atoms with Crippen molar-refractivity contribution in [2.24, 2.45) is 5.73 Å². The first-order chi connectivity index (χ1) is 9.02. The summed E-state index contributed by atoms with van der Waals surface area (Å²) < 4.78 is 30.4. The predicted octanol–water partition coefficient (Wildman–Crippen LogP) is 2.40. The van der Waals surface area contributed by atoms with Gasteiger partial charge in [0.1, 0.15) is 6.61 Å². The van der Waals surface area contributed by atoms with Gasteiger partial charge in [-0.05, 0) is 25.8 Å². The molecule has 1 aromatic heterocycles. The molecule has 0 bridgehead atoms. The third-order valence-corrected chi connectivity index (χ3v) is 3.05. The highest BCUT2D eigenvalue weighted by Crippen LogP contribution is 2.10. The number of rotatable bonds is 9. The summed E-state index contributed by atoms with van der Waals surface area (Å²) >= 11 is 0. The van der Waals surface area contributed by atoms with E-state index in [1.54, 1.807) is 0 Å². The number of ether oxygens (including phenoxy) is 1. The normalized spacial score (nSPS) is 14.8. The molecule has 2 unspecified atom stereocenters. The van der Waals surface area contributed by atoms with Crippen LogP contribution in [-0.2, 0) is 11.2 Å². The average molecular weight is 275 g/mol. The number of hydrogen-bond acceptors (Lipinski definition) is 3. The summed E-state index contributed by atoms with van der Waals surface area (Å²) in [5.74, 6) is 0. The van der Waals surface area contributed by atoms with Crippen molar-refractivity contribution in [2.75, 3.05) is 13.2 Å². The fourth-order valence-electron chi connectivity index (χ4n) is 1.70. The molecule has 1 rings (SSSR count). The summed E-state index contributed by atoms with van der Waals surface area (Å²) in [6, 6.07) is 2.21. The first-order valence-corrected chi connectivity index (χ1v) is 6.68. The highest BCUT2D eigenvalue weighted by Gasteiger charge is 2.09. The highest BCUT2D eigenvalue weighted by atomic mass is 19.3. The third kappa shape index (κ3) is 6.11. The predicted molar refractivity (Wildman–Crippen MR) is 70.3 cm³/mol. The van der Waals surface area contributed by atoms with E-state index in [4.69, 9.17) is 10.5 Å². The van der Waals surface area contributed by atoms with E-state index in [0.717, 1.165) is 12.1 Å². The van der Waals surface area contributed by atoms with E-state index in [1.807, 2.05) is 16.9 Å². The molecule has 0 saturated carbocycles. The second-order valence-corrected chi connectivity index (χ2v) is 4.76. The van der Waals surface area contributed by atoms with Crippen molar-refractivity contribution in [3.05, 3.63) is 18.0 Å². The van der Waals surface area contributed by atoms with E-state index >= 15 is 0 Å². The van der Waals surface area contributed by atoms with Crippen LogP contribution in [-0.4, -0.2) is 35.5 Å². The molecule has 0 radical (unpaired) electrons. The largest absolute Gasteiger partial charge is 0.375 e. The third-order valence-electron chi connectivity index (χ3n) is 3.05. The first kappa shape index (κ1) is 16.0. The lowest BCUT2D eigenvalue weighted by Crippen LogP contribution is -2.25. The summed E-state index contributed by atoms with van der Waals surface area (Å²) in [4.78, 5) is 0. The van der Waals surface area contributed by atoms with Crippen LogP contribution in [0.3, 0.4) is 0 Å². The smallest absolute Gasteiger partial charge is 0.261 e. The van der Waals surface area contributed by atoms with Gasteiger partial charge in [-0.1, -0.05) is 6.92 Å². The standard InChI is InChI=1S/C13H23F2N3O/c1-3-10(2)18-6-4-12(17-18)8-11(16)5-7-19-9-13(14)15/h4,6,10-11,13H,3,5,7-9,16H2,1-2H3. The summed E-state index contributed by atoms with van der Waals surface area (Å²) in [5.41, 5.74) is 6.86. The molecule has 110 valence electrons. The molecule has 2 N–H and O–H groups in total. The van der Waals surface area contributed by atoms with Crippen LogP contribution >= 0.6 is 0 Å². The topological polar surface area (TPSA) is 53.1 Å². The van der Waals surface area contributed by atoms with Gasteiger partial charge >= 0.3 is 0 Å². The number of aromatic nitrogens is 2. The van der Waals surface area contributed by atoms with E-state index in [0.29, 0.717) is 18.9 Å². The van der Waals surface area contributed by atoms with Crippen molar-refractivity contribution < 1.29 is 13.5 Å². The summed E-state index contributed by atoms with van der Waals surface area (Å²) in [6.07, 6.45) is 1.75. The van der Waals surface area contributed by atoms with E-state index < -0.39 is 13.0 Å². The molecule has 0 amide bonds. The molecule has 1 aromatic rings. The Morgan fingerprint density at radius 1 is 1.47 bits per heavy atom. The van der Waals surface area contributed by atoms with Gasteiger partial charge in [0.15, 0.2) is 0 Å². The van der Waals surface area contributed by atoms with Gasteiger partial charge in [0.05, 0.1) is 5.69 Å². The van der Waals surface area contributed by atoms with Gasteiger partial charge in [-0.2, -0.15) is 5.10 Å². The van der Waals surface area contributed by atoms with Gasteiger partial charge in [-0.3, -0.25) is 4.68 Å². The molecule has 0 aliphatic heterocycles. The lowest BCUT2D eigenvalue weighted by atomic mass is 10.1. The average Bonchev–Trinajstić information content (AvgIpc) is 2.82. The zero-order chi connectivity index (χ0) is 14.3. The van der Waals surface area contributed by atoms with E-state index in [1.165, 1.54) is 0 Å². The number of hydrogen-bond donors (Lipinski definition) is 1. The Balaban J connectivity index is 2.28. The fraction of sp³-hybridized carbons (Fsp3) is 0.769. The highest BCUT2D eigenvalue weighted by molar-refractivity contribution is 5.01. The lowest BCUT2D eigenvalue weighted by molar-refractivity contribution is 0.0152. The molecule has 19 heavy (non-hydrogen) atoms. The minimum Gasteiger partial charge on any atom is -0.375 e. The van der Waals surface area contributed by atoms with Gasteiger partial charge in [0, 0.05) is 31.3 Å². The monoisotopic (exact) mass is 275 g/mol. The van der Waals surface area contributed by atoms with Gasteiger partial charge in [0.25, 0.3) is 6.43 Å². The summed E-state index contributed by atoms with van der Waals surface area (Å²) in [5, 5.41) is 4.45. The molecule has 6 heteroatoms. The van der Waals surface area contributed by atoms with Crippen molar-refractivity contribution in [3.8, 4) is 0 Å². The maximum atomic E-state index is 11.8. The van der Waals surface area contributed by atoms with Crippen LogP contribution in [0.5, 0.6) is 0 Å². The minimum absolute atomic E-state index is 0.113. The Bertz CT molecular complexity index is 357. The van der Waals surface area contributed by atoms with Gasteiger partial charge < -0.3 is 10.5 Å². The summed E-state index contributed by atoms with van der Waals surface area (Å²) in [6.45, 7) is 3.96. The van der Waals surface area contributed by atoms with Gasteiger partial charge in [0.2, 0.25) is 0 Å². The Kier molecular flexibility index (Phi) is 6.94. The van der Waals surface area contributed by atoms with Crippen molar-refractivity contribution in [1.29, 1.82) is 0 Å². The van der Waals surface area contributed by atoms with Crippen LogP contribution in [0.2, 0.25) is 0 Å². The Morgan fingerprint density at radius 2 is 2.21 bits per heavy atom. The Hall–Kier alpha value is -1.01. The van der Waals surface area contributed by atoms with E-state index in [-0.39, 0.29) is 12.6 Å². The molecular formula is C13H23F2N3O. The van der Waals surface area contributed by atoms with Crippen LogP contribution in [0.1, 0.15) is 38.4 Å². The van der Waals surface area contributed by atoms with E-state index in [9.17, 15) is 8.78 Å². The van der Waals surface area contributed by atoms with Crippen LogP contribution in [0, 0.1) is 0 Å². The number of halogens is 2. The molecule has 0 spiro atoms. The Labute approximate surface area is 112 Å². The first-order valence-electron chi connectivity index (χ1n) is 6.68. The maximum Gasteiger partial charge on any atom is 0.261 e. The van der Waals surface area contributed by atoms with E-state index in [2.05, 4.69) is 18.9 Å². The maximum absolute atomic E-state index is 11.8. The quantitative estimate of drug-likeness (QED) is 0.704. The molecule has 0 aromatic carbocycles. The van der Waals surface area contributed by atoms with Crippen LogP contribution < -0.4 is 5.73 Å². The SMILES string of the molecule is CCC(C)n1ccc(CC(N)CCOCC(F)F)n1. The molecule has 0 fully saturated rings. The second kappa shape index (κ2) is 8.22. The minimum atomic E-state index is -2.41. The fourth-order valence-corrected chi connectivity index (χ4v) is 1.70. The van der Waals surface area contributed by atoms with Crippen molar-refractivity contribution in [2.45, 2.75) is 51.6 Å². The van der Waals surface area contributed by atoms with Crippen molar-refractivity contribution >= 4 is 0 Å². The lowest BCUT2D eigenvalue weighted by Gasteiger charge is -2.11. The number of nitrogens with two attached hydrogens (primary N) is 1. The molecule has 0 aliphatic rings. The Morgan fingerprint density at radius 3 is 2.84 bits per heavy atom. The molecule has 0 saturated heterocycles. The molecular weight excluding hydrogens is 252 g/mol. The van der Waals surface area contributed by atoms with Gasteiger partial charge in [-0.15, -0.1) is 0 Å². The van der Waals surface area contributed by atoms with Gasteiger partial charge in [-0.25, -0.2) is 8.78 Å². The van der Waals surface area contributed by atoms with Crippen LogP contribution in [0.4, 0.5) is 8.78 Å². The second-order valence-electron chi connectivity index (χ2n) is 4.76. The van der Waals surface area contributed by atoms with Crippen molar-refractivity contribution in [3.63, 3.8) is 0 Å². The van der Waals surface area contributed by atoms with Crippen LogP contribution in [0.15, 0.2) is 12.3 Å². The van der Waals surface area contributed by atoms with Crippen molar-refractivity contribution in [1.82, 2.24) is 9.78 Å². The molecule has 4 nitrogen and oxygen atoms in total. The zero-order valence-electron chi connectivity index (χ0n) is 11.6. The number of nitrogens with zero attached hydrogens (tertiary/aromatic N) is 2. The molecule has 2 atom stereocenters. The van der Waals surface area contributed by atoms with Crippen LogP contribution in [0.25, 0.3) is 0 Å².